The molecule has 0 aliphatic carbocycles. The fraction of sp³-hybridized carbons (Fsp3) is 0.538. The van der Waals surface area contributed by atoms with Crippen molar-refractivity contribution in [3.8, 4) is 0 Å². The van der Waals surface area contributed by atoms with E-state index in [1.54, 1.807) is 0 Å². The summed E-state index contributed by atoms with van der Waals surface area (Å²) in [7, 11) is 1.99. The van der Waals surface area contributed by atoms with Crippen LogP contribution in [-0.4, -0.2) is 20.1 Å². The number of para-hydroxylation sites is 1. The van der Waals surface area contributed by atoms with Crippen LogP contribution in [0.15, 0.2) is 24.3 Å². The molecule has 0 atom stereocenters. The van der Waals surface area contributed by atoms with Crippen LogP contribution >= 0.6 is 0 Å². The molecule has 0 saturated carbocycles. The summed E-state index contributed by atoms with van der Waals surface area (Å²) in [6.45, 7) is 6.56. The van der Waals surface area contributed by atoms with Gasteiger partial charge in [-0.3, -0.25) is 0 Å². The van der Waals surface area contributed by atoms with E-state index < -0.39 is 0 Å². The molecule has 0 aliphatic heterocycles. The van der Waals surface area contributed by atoms with Crippen molar-refractivity contribution in [2.24, 2.45) is 0 Å². The lowest BCUT2D eigenvalue weighted by atomic mass is 10.0. The molecule has 84 valence electrons. The number of anilines is 1. The second-order valence-corrected chi connectivity index (χ2v) is 4.13. The monoisotopic (exact) mass is 206 g/mol. The first-order valence-corrected chi connectivity index (χ1v) is 5.73. The second-order valence-electron chi connectivity index (χ2n) is 4.13. The summed E-state index contributed by atoms with van der Waals surface area (Å²) in [6.07, 6.45) is 1.16. The molecule has 2 heteroatoms. The maximum atomic E-state index is 3.49. The van der Waals surface area contributed by atoms with Crippen molar-refractivity contribution < 1.29 is 0 Å². The lowest BCUT2D eigenvalue weighted by Gasteiger charge is -2.14. The van der Waals surface area contributed by atoms with Gasteiger partial charge in [-0.25, -0.2) is 0 Å². The Balaban J connectivity index is 2.52. The highest BCUT2D eigenvalue weighted by molar-refractivity contribution is 5.52. The SMILES string of the molecule is CNCCCNc1ccccc1C(C)C. The van der Waals surface area contributed by atoms with Gasteiger partial charge in [0, 0.05) is 12.2 Å². The van der Waals surface area contributed by atoms with Gasteiger partial charge in [-0.2, -0.15) is 0 Å². The van der Waals surface area contributed by atoms with Crippen LogP contribution in [0.3, 0.4) is 0 Å². The summed E-state index contributed by atoms with van der Waals surface area (Å²) in [5.41, 5.74) is 2.69. The van der Waals surface area contributed by atoms with E-state index in [0.29, 0.717) is 5.92 Å². The van der Waals surface area contributed by atoms with E-state index in [1.807, 2.05) is 7.05 Å². The molecule has 0 spiro atoms. The van der Waals surface area contributed by atoms with E-state index in [0.717, 1.165) is 19.5 Å². The minimum Gasteiger partial charge on any atom is -0.385 e. The lowest BCUT2D eigenvalue weighted by Crippen LogP contribution is -2.13. The molecule has 0 unspecified atom stereocenters. The molecule has 0 aliphatic rings. The first kappa shape index (κ1) is 12.1. The summed E-state index contributed by atoms with van der Waals surface area (Å²) in [4.78, 5) is 0. The van der Waals surface area contributed by atoms with Gasteiger partial charge in [0.15, 0.2) is 0 Å². The van der Waals surface area contributed by atoms with Crippen molar-refractivity contribution in [3.05, 3.63) is 29.8 Å². The first-order chi connectivity index (χ1) is 7.25. The van der Waals surface area contributed by atoms with Crippen molar-refractivity contribution in [2.75, 3.05) is 25.5 Å². The molecule has 0 fully saturated rings. The Bertz CT molecular complexity index is 282. The molecular formula is C13H22N2. The minimum absolute atomic E-state index is 0.581. The highest BCUT2D eigenvalue weighted by atomic mass is 14.9. The van der Waals surface area contributed by atoms with Gasteiger partial charge in [-0.05, 0) is 37.6 Å². The number of hydrogen-bond acceptors (Lipinski definition) is 2. The zero-order chi connectivity index (χ0) is 11.1. The standard InChI is InChI=1S/C13H22N2/c1-11(2)12-7-4-5-8-13(12)15-10-6-9-14-3/h4-5,7-8,11,14-15H,6,9-10H2,1-3H3. The molecule has 1 rings (SSSR count). The Hall–Kier alpha value is -1.02. The molecule has 0 radical (unpaired) electrons. The van der Waals surface area contributed by atoms with Crippen molar-refractivity contribution in [1.82, 2.24) is 5.32 Å². The van der Waals surface area contributed by atoms with E-state index in [-0.39, 0.29) is 0 Å². The summed E-state index contributed by atoms with van der Waals surface area (Å²) in [5, 5.41) is 6.64. The normalized spacial score (nSPS) is 10.7. The average Bonchev–Trinajstić information content (AvgIpc) is 2.25. The first-order valence-electron chi connectivity index (χ1n) is 5.73. The summed E-state index contributed by atoms with van der Waals surface area (Å²) < 4.78 is 0. The van der Waals surface area contributed by atoms with Crippen LogP contribution in [0, 0.1) is 0 Å². The number of rotatable bonds is 6. The number of hydrogen-bond donors (Lipinski definition) is 2. The van der Waals surface area contributed by atoms with Crippen LogP contribution in [0.4, 0.5) is 5.69 Å². The Morgan fingerprint density at radius 2 is 1.87 bits per heavy atom. The third kappa shape index (κ3) is 3.92. The summed E-state index contributed by atoms with van der Waals surface area (Å²) in [6, 6.07) is 8.56. The zero-order valence-electron chi connectivity index (χ0n) is 10.0. The molecule has 2 N–H and O–H groups in total. The lowest BCUT2D eigenvalue weighted by molar-refractivity contribution is 0.746. The molecule has 1 aromatic carbocycles. The molecule has 1 aromatic rings. The molecule has 0 saturated heterocycles. The van der Waals surface area contributed by atoms with Gasteiger partial charge in [0.05, 0.1) is 0 Å². The van der Waals surface area contributed by atoms with Gasteiger partial charge >= 0.3 is 0 Å². The summed E-state index contributed by atoms with van der Waals surface area (Å²) in [5.74, 6) is 0.581. The molecular weight excluding hydrogens is 184 g/mol. The molecule has 0 amide bonds. The van der Waals surface area contributed by atoms with Gasteiger partial charge in [0.25, 0.3) is 0 Å². The molecule has 0 aromatic heterocycles. The fourth-order valence-corrected chi connectivity index (χ4v) is 1.65. The van der Waals surface area contributed by atoms with Crippen LogP contribution in [0.2, 0.25) is 0 Å². The van der Waals surface area contributed by atoms with Crippen molar-refractivity contribution in [2.45, 2.75) is 26.2 Å². The predicted octanol–water partition coefficient (Wildman–Crippen LogP) is 2.83. The van der Waals surface area contributed by atoms with Crippen LogP contribution in [-0.2, 0) is 0 Å². The third-order valence-corrected chi connectivity index (χ3v) is 2.50. The highest BCUT2D eigenvalue weighted by Crippen LogP contribution is 2.23. The van der Waals surface area contributed by atoms with E-state index >= 15 is 0 Å². The molecule has 2 nitrogen and oxygen atoms in total. The Morgan fingerprint density at radius 1 is 1.13 bits per heavy atom. The van der Waals surface area contributed by atoms with E-state index in [9.17, 15) is 0 Å². The Labute approximate surface area is 93.1 Å². The van der Waals surface area contributed by atoms with Crippen LogP contribution in [0.5, 0.6) is 0 Å². The smallest absolute Gasteiger partial charge is 0.0375 e. The molecule has 15 heavy (non-hydrogen) atoms. The number of nitrogens with one attached hydrogen (secondary N) is 2. The third-order valence-electron chi connectivity index (χ3n) is 2.50. The largest absolute Gasteiger partial charge is 0.385 e. The van der Waals surface area contributed by atoms with Crippen LogP contribution in [0.25, 0.3) is 0 Å². The van der Waals surface area contributed by atoms with E-state index in [2.05, 4.69) is 48.7 Å². The predicted molar refractivity (Wildman–Crippen MR) is 67.6 cm³/mol. The van der Waals surface area contributed by atoms with Gasteiger partial charge in [0.2, 0.25) is 0 Å². The van der Waals surface area contributed by atoms with E-state index in [1.165, 1.54) is 11.3 Å². The van der Waals surface area contributed by atoms with Gasteiger partial charge in [-0.15, -0.1) is 0 Å². The van der Waals surface area contributed by atoms with Gasteiger partial charge in [0.1, 0.15) is 0 Å². The fourth-order valence-electron chi connectivity index (χ4n) is 1.65. The van der Waals surface area contributed by atoms with Crippen LogP contribution in [0.1, 0.15) is 31.7 Å². The van der Waals surface area contributed by atoms with Gasteiger partial charge < -0.3 is 10.6 Å². The number of benzene rings is 1. The van der Waals surface area contributed by atoms with E-state index in [4.69, 9.17) is 0 Å². The summed E-state index contributed by atoms with van der Waals surface area (Å²) >= 11 is 0. The second kappa shape index (κ2) is 6.46. The quantitative estimate of drug-likeness (QED) is 0.699. The molecule has 0 bridgehead atoms. The topological polar surface area (TPSA) is 24.1 Å². The average molecular weight is 206 g/mol. The Morgan fingerprint density at radius 3 is 2.53 bits per heavy atom. The van der Waals surface area contributed by atoms with Crippen molar-refractivity contribution in [1.29, 1.82) is 0 Å². The maximum Gasteiger partial charge on any atom is 0.0375 e. The maximum absolute atomic E-state index is 3.49. The van der Waals surface area contributed by atoms with Gasteiger partial charge in [-0.1, -0.05) is 32.0 Å². The highest BCUT2D eigenvalue weighted by Gasteiger charge is 2.04. The van der Waals surface area contributed by atoms with Crippen molar-refractivity contribution in [3.63, 3.8) is 0 Å². The van der Waals surface area contributed by atoms with Crippen molar-refractivity contribution >= 4 is 5.69 Å². The zero-order valence-corrected chi connectivity index (χ0v) is 10.0. The van der Waals surface area contributed by atoms with Crippen LogP contribution < -0.4 is 10.6 Å². The Kier molecular flexibility index (Phi) is 5.19. The minimum atomic E-state index is 0.581. The molecule has 0 heterocycles.